The van der Waals surface area contributed by atoms with E-state index in [-0.39, 0.29) is 17.4 Å². The molecule has 1 fully saturated rings. The summed E-state index contributed by atoms with van der Waals surface area (Å²) in [6.07, 6.45) is 3.09. The van der Waals surface area contributed by atoms with Crippen LogP contribution < -0.4 is 5.56 Å². The molecule has 0 bridgehead atoms. The summed E-state index contributed by atoms with van der Waals surface area (Å²) < 4.78 is 0. The molecule has 0 saturated carbocycles. The first-order chi connectivity index (χ1) is 10.5. The second-order valence-corrected chi connectivity index (χ2v) is 6.95. The number of piperidine rings is 1. The molecular weight excluding hydrogens is 300 g/mol. The Bertz CT molecular complexity index is 744. The van der Waals surface area contributed by atoms with Gasteiger partial charge in [-0.05, 0) is 26.7 Å². The van der Waals surface area contributed by atoms with Crippen LogP contribution in [0.3, 0.4) is 0 Å². The maximum absolute atomic E-state index is 12.5. The van der Waals surface area contributed by atoms with Crippen molar-refractivity contribution in [2.75, 3.05) is 13.1 Å². The summed E-state index contributed by atoms with van der Waals surface area (Å²) in [6.45, 7) is 5.20. The lowest BCUT2D eigenvalue weighted by Crippen LogP contribution is -2.38. The summed E-state index contributed by atoms with van der Waals surface area (Å²) in [5, 5.41) is 0.920. The highest BCUT2D eigenvalue weighted by Crippen LogP contribution is 2.27. The van der Waals surface area contributed by atoms with Gasteiger partial charge in [0.1, 0.15) is 5.69 Å². The number of carbonyl (C=O) groups excluding carboxylic acids is 1. The Kier molecular flexibility index (Phi) is 4.06. The summed E-state index contributed by atoms with van der Waals surface area (Å²) >= 11 is 1.55. The Hall–Kier alpha value is -2.02. The number of likely N-dealkylation sites (tertiary alicyclic amines) is 1. The SMILES string of the molecule is Cc1nc(C(=O)N2CCC(c3cc(=O)[nH]cn3)CC2)c(C)s1. The van der Waals surface area contributed by atoms with Crippen molar-refractivity contribution in [1.82, 2.24) is 19.9 Å². The zero-order chi connectivity index (χ0) is 15.7. The number of aromatic amines is 1. The van der Waals surface area contributed by atoms with Crippen LogP contribution in [0.1, 0.15) is 44.8 Å². The third-order valence-electron chi connectivity index (χ3n) is 4.01. The summed E-state index contributed by atoms with van der Waals surface area (Å²) in [4.78, 5) is 37.8. The van der Waals surface area contributed by atoms with Gasteiger partial charge >= 0.3 is 0 Å². The number of carbonyl (C=O) groups is 1. The minimum atomic E-state index is -0.128. The fourth-order valence-corrected chi connectivity index (χ4v) is 3.67. The van der Waals surface area contributed by atoms with E-state index in [4.69, 9.17) is 0 Å². The number of hydrogen-bond donors (Lipinski definition) is 1. The average Bonchev–Trinajstić information content (AvgIpc) is 2.85. The first-order valence-corrected chi connectivity index (χ1v) is 8.14. The number of thiazole rings is 1. The number of aryl methyl sites for hydroxylation is 2. The Labute approximate surface area is 132 Å². The van der Waals surface area contributed by atoms with Crippen LogP contribution >= 0.6 is 11.3 Å². The van der Waals surface area contributed by atoms with Crippen molar-refractivity contribution in [3.8, 4) is 0 Å². The number of nitrogens with one attached hydrogen (secondary N) is 1. The molecule has 6 nitrogen and oxygen atoms in total. The first-order valence-electron chi connectivity index (χ1n) is 7.32. The van der Waals surface area contributed by atoms with Crippen LogP contribution in [0.5, 0.6) is 0 Å². The highest BCUT2D eigenvalue weighted by molar-refractivity contribution is 7.11. The topological polar surface area (TPSA) is 79.0 Å². The van der Waals surface area contributed by atoms with Crippen LogP contribution in [0, 0.1) is 13.8 Å². The molecule has 116 valence electrons. The number of rotatable bonds is 2. The lowest BCUT2D eigenvalue weighted by atomic mass is 9.93. The molecule has 2 aromatic rings. The molecule has 1 N–H and O–H groups in total. The summed E-state index contributed by atoms with van der Waals surface area (Å²) in [7, 11) is 0. The van der Waals surface area contributed by atoms with Crippen molar-refractivity contribution in [2.45, 2.75) is 32.6 Å². The number of H-pyrrole nitrogens is 1. The van der Waals surface area contributed by atoms with Gasteiger partial charge in [-0.1, -0.05) is 0 Å². The zero-order valence-corrected chi connectivity index (χ0v) is 13.4. The summed E-state index contributed by atoms with van der Waals surface area (Å²) in [5.41, 5.74) is 1.27. The molecule has 0 spiro atoms. The molecule has 0 aromatic carbocycles. The first kappa shape index (κ1) is 14.9. The van der Waals surface area contributed by atoms with E-state index in [2.05, 4.69) is 15.0 Å². The van der Waals surface area contributed by atoms with E-state index >= 15 is 0 Å². The van der Waals surface area contributed by atoms with Crippen LogP contribution in [0.25, 0.3) is 0 Å². The van der Waals surface area contributed by atoms with E-state index in [1.54, 1.807) is 17.4 Å². The summed E-state index contributed by atoms with van der Waals surface area (Å²) in [6, 6.07) is 1.55. The number of nitrogens with zero attached hydrogens (tertiary/aromatic N) is 3. The monoisotopic (exact) mass is 318 g/mol. The fourth-order valence-electron chi connectivity index (χ4n) is 2.86. The van der Waals surface area contributed by atoms with Gasteiger partial charge in [-0.3, -0.25) is 9.59 Å². The second-order valence-electron chi connectivity index (χ2n) is 5.54. The van der Waals surface area contributed by atoms with Crippen molar-refractivity contribution in [1.29, 1.82) is 0 Å². The Morgan fingerprint density at radius 2 is 2.09 bits per heavy atom. The van der Waals surface area contributed by atoms with Gasteiger partial charge < -0.3 is 9.88 Å². The van der Waals surface area contributed by atoms with Crippen LogP contribution in [0.2, 0.25) is 0 Å². The minimum Gasteiger partial charge on any atom is -0.337 e. The third kappa shape index (κ3) is 2.94. The molecule has 3 heterocycles. The zero-order valence-electron chi connectivity index (χ0n) is 12.6. The van der Waals surface area contributed by atoms with Gasteiger partial charge in [0.2, 0.25) is 0 Å². The van der Waals surface area contributed by atoms with E-state index in [1.165, 1.54) is 6.33 Å². The Morgan fingerprint density at radius 1 is 1.36 bits per heavy atom. The predicted octanol–water partition coefficient (Wildman–Crippen LogP) is 1.86. The van der Waals surface area contributed by atoms with E-state index < -0.39 is 0 Å². The second kappa shape index (κ2) is 6.00. The average molecular weight is 318 g/mol. The minimum absolute atomic E-state index is 0.0131. The van der Waals surface area contributed by atoms with Crippen molar-refractivity contribution in [3.63, 3.8) is 0 Å². The van der Waals surface area contributed by atoms with E-state index in [0.29, 0.717) is 18.8 Å². The van der Waals surface area contributed by atoms with Gasteiger partial charge in [-0.25, -0.2) is 9.97 Å². The number of amides is 1. The molecule has 3 rings (SSSR count). The molecule has 0 unspecified atom stereocenters. The molecule has 22 heavy (non-hydrogen) atoms. The molecular formula is C15H18N4O2S. The highest BCUT2D eigenvalue weighted by atomic mass is 32.1. The largest absolute Gasteiger partial charge is 0.337 e. The molecule has 7 heteroatoms. The van der Waals surface area contributed by atoms with Crippen molar-refractivity contribution >= 4 is 17.2 Å². The standard InChI is InChI=1S/C15H18N4O2S/c1-9-14(18-10(2)22-9)15(21)19-5-3-11(4-6-19)12-7-13(20)17-8-16-12/h7-8,11H,3-6H2,1-2H3,(H,16,17,20). The lowest BCUT2D eigenvalue weighted by Gasteiger charge is -2.31. The maximum atomic E-state index is 12.5. The van der Waals surface area contributed by atoms with Crippen molar-refractivity contribution < 1.29 is 4.79 Å². The normalized spacial score (nSPS) is 16.0. The van der Waals surface area contributed by atoms with Crippen LogP contribution in [0.4, 0.5) is 0 Å². The predicted molar refractivity (Wildman–Crippen MR) is 84.3 cm³/mol. The van der Waals surface area contributed by atoms with E-state index in [1.807, 2.05) is 18.7 Å². The number of hydrogen-bond acceptors (Lipinski definition) is 5. The van der Waals surface area contributed by atoms with Crippen molar-refractivity contribution in [3.05, 3.63) is 44.0 Å². The third-order valence-corrected chi connectivity index (χ3v) is 4.89. The van der Waals surface area contributed by atoms with Gasteiger partial charge in [0.05, 0.1) is 17.0 Å². The Balaban J connectivity index is 1.68. The molecule has 1 amide bonds. The van der Waals surface area contributed by atoms with Gasteiger partial charge in [0.15, 0.2) is 0 Å². The summed E-state index contributed by atoms with van der Waals surface area (Å²) in [5.74, 6) is 0.254. The molecule has 0 atom stereocenters. The number of aromatic nitrogens is 3. The molecule has 1 aliphatic heterocycles. The smallest absolute Gasteiger partial charge is 0.273 e. The van der Waals surface area contributed by atoms with Crippen molar-refractivity contribution in [2.24, 2.45) is 0 Å². The van der Waals surface area contributed by atoms with Gasteiger partial charge in [-0.15, -0.1) is 11.3 Å². The van der Waals surface area contributed by atoms with Gasteiger partial charge in [0.25, 0.3) is 11.5 Å². The van der Waals surface area contributed by atoms with Crippen LogP contribution in [-0.2, 0) is 0 Å². The molecule has 1 aliphatic rings. The Morgan fingerprint density at radius 3 is 2.68 bits per heavy atom. The van der Waals surface area contributed by atoms with E-state index in [0.717, 1.165) is 28.4 Å². The quantitative estimate of drug-likeness (QED) is 0.916. The van der Waals surface area contributed by atoms with Crippen LogP contribution in [-0.4, -0.2) is 38.8 Å². The molecule has 0 radical (unpaired) electrons. The fraction of sp³-hybridized carbons (Fsp3) is 0.467. The van der Waals surface area contributed by atoms with E-state index in [9.17, 15) is 9.59 Å². The van der Waals surface area contributed by atoms with Crippen LogP contribution in [0.15, 0.2) is 17.2 Å². The lowest BCUT2D eigenvalue weighted by molar-refractivity contribution is 0.0706. The molecule has 2 aromatic heterocycles. The molecule has 0 aliphatic carbocycles. The van der Waals surface area contributed by atoms with Gasteiger partial charge in [-0.2, -0.15) is 0 Å². The van der Waals surface area contributed by atoms with Gasteiger partial charge in [0, 0.05) is 30.0 Å². The maximum Gasteiger partial charge on any atom is 0.273 e. The molecule has 1 saturated heterocycles. The highest BCUT2D eigenvalue weighted by Gasteiger charge is 2.27.